The minimum absolute atomic E-state index is 0.581. The molecule has 18 heavy (non-hydrogen) atoms. The number of ether oxygens (including phenoxy) is 2. The van der Waals surface area contributed by atoms with Crippen LogP contribution in [0.2, 0.25) is 0 Å². The molecule has 1 N–H and O–H groups in total. The fourth-order valence-corrected chi connectivity index (χ4v) is 2.14. The van der Waals surface area contributed by atoms with Crippen molar-refractivity contribution in [2.45, 2.75) is 19.8 Å². The van der Waals surface area contributed by atoms with E-state index >= 15 is 0 Å². The fraction of sp³-hybridized carbons (Fsp3) is 0.600. The van der Waals surface area contributed by atoms with Crippen molar-refractivity contribution in [2.24, 2.45) is 5.92 Å². The topological polar surface area (TPSA) is 30.5 Å². The molecule has 3 nitrogen and oxygen atoms in total. The molecule has 3 heteroatoms. The van der Waals surface area contributed by atoms with E-state index in [4.69, 9.17) is 9.47 Å². The van der Waals surface area contributed by atoms with Crippen molar-refractivity contribution in [1.29, 1.82) is 0 Å². The van der Waals surface area contributed by atoms with Gasteiger partial charge in [0.05, 0.1) is 7.11 Å². The van der Waals surface area contributed by atoms with Crippen molar-refractivity contribution in [1.82, 2.24) is 5.32 Å². The minimum atomic E-state index is 0.581. The first-order chi connectivity index (χ1) is 8.81. The number of hydrogen-bond donors (Lipinski definition) is 1. The van der Waals surface area contributed by atoms with Crippen LogP contribution in [0.4, 0.5) is 0 Å². The van der Waals surface area contributed by atoms with E-state index in [1.807, 2.05) is 26.1 Å². The van der Waals surface area contributed by atoms with Crippen LogP contribution in [0, 0.1) is 5.92 Å². The molecule has 0 spiro atoms. The normalized spacial score (nSPS) is 12.4. The van der Waals surface area contributed by atoms with Gasteiger partial charge in [0, 0.05) is 13.2 Å². The zero-order valence-corrected chi connectivity index (χ0v) is 11.7. The van der Waals surface area contributed by atoms with Crippen LogP contribution in [-0.2, 0) is 11.2 Å². The summed E-state index contributed by atoms with van der Waals surface area (Å²) in [5, 5.41) is 3.26. The number of benzene rings is 1. The molecule has 1 atom stereocenters. The molecule has 1 rings (SSSR count). The number of rotatable bonds is 9. The van der Waals surface area contributed by atoms with Gasteiger partial charge in [-0.25, -0.2) is 0 Å². The summed E-state index contributed by atoms with van der Waals surface area (Å²) < 4.78 is 10.8. The maximum absolute atomic E-state index is 5.45. The van der Waals surface area contributed by atoms with Gasteiger partial charge in [-0.1, -0.05) is 18.2 Å². The maximum Gasteiger partial charge on any atom is 0.122 e. The van der Waals surface area contributed by atoms with Crippen LogP contribution in [0.3, 0.4) is 0 Å². The molecule has 0 radical (unpaired) electrons. The molecule has 1 aromatic carbocycles. The summed E-state index contributed by atoms with van der Waals surface area (Å²) >= 11 is 0. The first kappa shape index (κ1) is 15.0. The number of nitrogens with one attached hydrogen (secondary N) is 1. The Morgan fingerprint density at radius 2 is 2.06 bits per heavy atom. The molecule has 1 unspecified atom stereocenters. The summed E-state index contributed by atoms with van der Waals surface area (Å²) in [5.41, 5.74) is 1.27. The molecule has 0 bridgehead atoms. The molecule has 1 aromatic rings. The molecule has 0 fully saturated rings. The maximum atomic E-state index is 5.45. The molecule has 0 aliphatic heterocycles. The molecule has 0 saturated heterocycles. The first-order valence-electron chi connectivity index (χ1n) is 6.66. The third kappa shape index (κ3) is 5.07. The zero-order valence-electron chi connectivity index (χ0n) is 11.7. The van der Waals surface area contributed by atoms with E-state index in [1.165, 1.54) is 5.56 Å². The van der Waals surface area contributed by atoms with Crippen LogP contribution in [0.1, 0.15) is 18.9 Å². The highest BCUT2D eigenvalue weighted by Gasteiger charge is 2.11. The Morgan fingerprint density at radius 3 is 2.72 bits per heavy atom. The molecule has 0 amide bonds. The summed E-state index contributed by atoms with van der Waals surface area (Å²) in [6.45, 7) is 4.66. The molecular weight excluding hydrogens is 226 g/mol. The second-order valence-electron chi connectivity index (χ2n) is 4.43. The third-order valence-corrected chi connectivity index (χ3v) is 3.07. The van der Waals surface area contributed by atoms with Crippen LogP contribution in [0.5, 0.6) is 5.75 Å². The van der Waals surface area contributed by atoms with E-state index in [0.29, 0.717) is 5.92 Å². The summed E-state index contributed by atoms with van der Waals surface area (Å²) in [6, 6.07) is 8.24. The van der Waals surface area contributed by atoms with Crippen molar-refractivity contribution < 1.29 is 9.47 Å². The van der Waals surface area contributed by atoms with Gasteiger partial charge in [0.15, 0.2) is 0 Å². The Kier molecular flexibility index (Phi) is 7.46. The number of methoxy groups -OCH3 is 1. The Morgan fingerprint density at radius 1 is 1.28 bits per heavy atom. The minimum Gasteiger partial charge on any atom is -0.496 e. The first-order valence-corrected chi connectivity index (χ1v) is 6.66. The summed E-state index contributed by atoms with van der Waals surface area (Å²) in [7, 11) is 3.72. The molecule has 102 valence electrons. The highest BCUT2D eigenvalue weighted by Crippen LogP contribution is 2.22. The second kappa shape index (κ2) is 8.95. The van der Waals surface area contributed by atoms with Gasteiger partial charge in [-0.15, -0.1) is 0 Å². The summed E-state index contributed by atoms with van der Waals surface area (Å²) in [5.74, 6) is 1.56. The van der Waals surface area contributed by atoms with Crippen molar-refractivity contribution in [3.8, 4) is 5.75 Å². The smallest absolute Gasteiger partial charge is 0.122 e. The third-order valence-electron chi connectivity index (χ3n) is 3.07. The van der Waals surface area contributed by atoms with Crippen molar-refractivity contribution >= 4 is 0 Å². The quantitative estimate of drug-likeness (QED) is 0.684. The van der Waals surface area contributed by atoms with Gasteiger partial charge < -0.3 is 14.8 Å². The monoisotopic (exact) mass is 251 g/mol. The van der Waals surface area contributed by atoms with E-state index in [-0.39, 0.29) is 0 Å². The Bertz CT molecular complexity index is 328. The average molecular weight is 251 g/mol. The van der Waals surface area contributed by atoms with Gasteiger partial charge in [-0.05, 0) is 50.9 Å². The van der Waals surface area contributed by atoms with Gasteiger partial charge in [0.25, 0.3) is 0 Å². The van der Waals surface area contributed by atoms with E-state index in [9.17, 15) is 0 Å². The lowest BCUT2D eigenvalue weighted by Crippen LogP contribution is -2.22. The van der Waals surface area contributed by atoms with Crippen molar-refractivity contribution in [2.75, 3.05) is 33.9 Å². The lowest BCUT2D eigenvalue weighted by atomic mass is 9.96. The van der Waals surface area contributed by atoms with Crippen LogP contribution in [0.25, 0.3) is 0 Å². The molecule has 0 heterocycles. The van der Waals surface area contributed by atoms with Crippen molar-refractivity contribution in [3.05, 3.63) is 29.8 Å². The molecule has 0 aliphatic carbocycles. The SMILES string of the molecule is CCOCCC(CNC)Cc1ccccc1OC. The van der Waals surface area contributed by atoms with Crippen LogP contribution in [0.15, 0.2) is 24.3 Å². The molecule has 0 saturated carbocycles. The number of hydrogen-bond acceptors (Lipinski definition) is 3. The Balaban J connectivity index is 2.58. The van der Waals surface area contributed by atoms with Gasteiger partial charge in [-0.3, -0.25) is 0 Å². The van der Waals surface area contributed by atoms with Gasteiger partial charge >= 0.3 is 0 Å². The van der Waals surface area contributed by atoms with E-state index in [0.717, 1.165) is 38.3 Å². The molecule has 0 aliphatic rings. The van der Waals surface area contributed by atoms with E-state index in [2.05, 4.69) is 17.4 Å². The standard InChI is InChI=1S/C15H25NO2/c1-4-18-10-9-13(12-16-2)11-14-7-5-6-8-15(14)17-3/h5-8,13,16H,4,9-12H2,1-3H3. The highest BCUT2D eigenvalue weighted by molar-refractivity contribution is 5.33. The highest BCUT2D eigenvalue weighted by atomic mass is 16.5. The van der Waals surface area contributed by atoms with E-state index in [1.54, 1.807) is 7.11 Å². The lowest BCUT2D eigenvalue weighted by molar-refractivity contribution is 0.131. The summed E-state index contributed by atoms with van der Waals surface area (Å²) in [6.07, 6.45) is 2.10. The van der Waals surface area contributed by atoms with Crippen LogP contribution < -0.4 is 10.1 Å². The summed E-state index contributed by atoms with van der Waals surface area (Å²) in [4.78, 5) is 0. The predicted molar refractivity (Wildman–Crippen MR) is 75.2 cm³/mol. The predicted octanol–water partition coefficient (Wildman–Crippen LogP) is 2.50. The molecule has 0 aromatic heterocycles. The zero-order chi connectivity index (χ0) is 13.2. The van der Waals surface area contributed by atoms with Gasteiger partial charge in [0.2, 0.25) is 0 Å². The van der Waals surface area contributed by atoms with E-state index < -0.39 is 0 Å². The fourth-order valence-electron chi connectivity index (χ4n) is 2.14. The second-order valence-corrected chi connectivity index (χ2v) is 4.43. The lowest BCUT2D eigenvalue weighted by Gasteiger charge is -2.18. The average Bonchev–Trinajstić information content (AvgIpc) is 2.40. The van der Waals surface area contributed by atoms with Crippen molar-refractivity contribution in [3.63, 3.8) is 0 Å². The Labute approximate surface area is 110 Å². The van der Waals surface area contributed by atoms with Crippen LogP contribution in [-0.4, -0.2) is 33.9 Å². The number of para-hydroxylation sites is 1. The van der Waals surface area contributed by atoms with Gasteiger partial charge in [-0.2, -0.15) is 0 Å². The van der Waals surface area contributed by atoms with Gasteiger partial charge in [0.1, 0.15) is 5.75 Å². The largest absolute Gasteiger partial charge is 0.496 e. The Hall–Kier alpha value is -1.06. The van der Waals surface area contributed by atoms with Crippen LogP contribution >= 0.6 is 0 Å². The molecular formula is C15H25NO2.